The summed E-state index contributed by atoms with van der Waals surface area (Å²) in [6.07, 6.45) is 0. The second-order valence-electron chi connectivity index (χ2n) is 5.34. The van der Waals surface area contributed by atoms with Crippen molar-refractivity contribution in [2.45, 2.75) is 0 Å². The number of aromatic nitrogens is 4. The smallest absolute Gasteiger partial charge is 0.268 e. The molecule has 0 bridgehead atoms. The average Bonchev–Trinajstić information content (AvgIpc) is 3.14. The molecular formula is C17H9BrN4OS. The van der Waals surface area contributed by atoms with E-state index in [0.717, 1.165) is 15.9 Å². The number of nitrogens with zero attached hydrogens (tertiary/aromatic N) is 4. The van der Waals surface area contributed by atoms with E-state index in [1.165, 1.54) is 11.3 Å². The minimum atomic E-state index is -0.110. The Bertz CT molecular complexity index is 1290. The van der Waals surface area contributed by atoms with E-state index in [-0.39, 0.29) is 5.56 Å². The van der Waals surface area contributed by atoms with Gasteiger partial charge >= 0.3 is 0 Å². The molecule has 2 aromatic carbocycles. The molecule has 7 heteroatoms. The van der Waals surface area contributed by atoms with E-state index in [4.69, 9.17) is 0 Å². The molecule has 0 amide bonds. The molecule has 0 unspecified atom stereocenters. The Morgan fingerprint density at radius 2 is 1.75 bits per heavy atom. The molecule has 0 N–H and O–H groups in total. The Balaban J connectivity index is 1.94. The summed E-state index contributed by atoms with van der Waals surface area (Å²) in [5.41, 5.74) is 2.08. The number of para-hydroxylation sites is 2. The Morgan fingerprint density at radius 3 is 2.58 bits per heavy atom. The van der Waals surface area contributed by atoms with Gasteiger partial charge in [0, 0.05) is 0 Å². The highest BCUT2D eigenvalue weighted by atomic mass is 79.9. The van der Waals surface area contributed by atoms with Crippen molar-refractivity contribution in [1.82, 2.24) is 19.2 Å². The number of benzene rings is 2. The van der Waals surface area contributed by atoms with Gasteiger partial charge in [-0.05, 0) is 40.2 Å². The van der Waals surface area contributed by atoms with Gasteiger partial charge in [0.2, 0.25) is 0 Å². The fourth-order valence-electron chi connectivity index (χ4n) is 2.84. The molecule has 5 aromatic rings. The lowest BCUT2D eigenvalue weighted by atomic mass is 10.3. The Kier molecular flexibility index (Phi) is 2.89. The van der Waals surface area contributed by atoms with Crippen LogP contribution in [0.15, 0.2) is 64.0 Å². The van der Waals surface area contributed by atoms with Gasteiger partial charge in [-0.2, -0.15) is 4.98 Å². The molecule has 5 nitrogen and oxygen atoms in total. The molecule has 0 atom stereocenters. The van der Waals surface area contributed by atoms with E-state index in [1.54, 1.807) is 9.08 Å². The fraction of sp³-hybridized carbons (Fsp3) is 0. The highest BCUT2D eigenvalue weighted by Crippen LogP contribution is 2.28. The molecule has 0 fully saturated rings. The molecular weight excluding hydrogens is 388 g/mol. The van der Waals surface area contributed by atoms with E-state index in [1.807, 2.05) is 54.6 Å². The predicted molar refractivity (Wildman–Crippen MR) is 99.2 cm³/mol. The second-order valence-corrected chi connectivity index (χ2v) is 7.10. The molecule has 3 heterocycles. The van der Waals surface area contributed by atoms with Crippen molar-refractivity contribution in [2.75, 3.05) is 0 Å². The molecule has 0 radical (unpaired) electrons. The summed E-state index contributed by atoms with van der Waals surface area (Å²) in [7, 11) is 0. The molecule has 0 spiro atoms. The van der Waals surface area contributed by atoms with Gasteiger partial charge in [-0.1, -0.05) is 41.7 Å². The minimum Gasteiger partial charge on any atom is -0.268 e. The third-order valence-corrected chi connectivity index (χ3v) is 5.68. The maximum atomic E-state index is 13.1. The minimum absolute atomic E-state index is 0.110. The zero-order valence-electron chi connectivity index (χ0n) is 12.2. The molecule has 24 heavy (non-hydrogen) atoms. The van der Waals surface area contributed by atoms with Gasteiger partial charge in [-0.25, -0.2) is 4.68 Å². The van der Waals surface area contributed by atoms with Crippen LogP contribution in [0.3, 0.4) is 0 Å². The standard InChI is InChI=1S/C17H9BrN4OS/c18-14-13-15(20-22(14)10-6-2-1-3-7-10)19-17-21(16(13)23)11-8-4-5-9-12(11)24-17/h1-9H. The highest BCUT2D eigenvalue weighted by molar-refractivity contribution is 9.10. The summed E-state index contributed by atoms with van der Waals surface area (Å²) in [4.78, 5) is 18.3. The number of halogens is 1. The lowest BCUT2D eigenvalue weighted by Crippen LogP contribution is -2.13. The van der Waals surface area contributed by atoms with Gasteiger partial charge in [0.25, 0.3) is 5.56 Å². The van der Waals surface area contributed by atoms with Crippen LogP contribution in [-0.4, -0.2) is 19.2 Å². The van der Waals surface area contributed by atoms with E-state index >= 15 is 0 Å². The van der Waals surface area contributed by atoms with E-state index in [9.17, 15) is 4.79 Å². The molecule has 0 aliphatic heterocycles. The van der Waals surface area contributed by atoms with Gasteiger partial charge in [-0.15, -0.1) is 5.10 Å². The average molecular weight is 397 g/mol. The number of rotatable bonds is 1. The maximum absolute atomic E-state index is 13.1. The SMILES string of the molecule is O=c1c2c(Br)n(-c3ccccc3)nc2nc2sc3ccccc3n12. The summed E-state index contributed by atoms with van der Waals surface area (Å²) in [6, 6.07) is 17.5. The van der Waals surface area contributed by atoms with Crippen LogP contribution in [0.4, 0.5) is 0 Å². The summed E-state index contributed by atoms with van der Waals surface area (Å²) in [6.45, 7) is 0. The first kappa shape index (κ1) is 13.9. The Labute approximate surface area is 147 Å². The van der Waals surface area contributed by atoms with Crippen molar-refractivity contribution >= 4 is 53.5 Å². The van der Waals surface area contributed by atoms with Gasteiger partial charge in [-0.3, -0.25) is 9.20 Å². The third-order valence-electron chi connectivity index (χ3n) is 3.93. The van der Waals surface area contributed by atoms with Gasteiger partial charge in [0.1, 0.15) is 9.99 Å². The summed E-state index contributed by atoms with van der Waals surface area (Å²) < 4.78 is 5.00. The third kappa shape index (κ3) is 1.82. The fourth-order valence-corrected chi connectivity index (χ4v) is 4.48. The highest BCUT2D eigenvalue weighted by Gasteiger charge is 2.19. The molecule has 3 aromatic heterocycles. The van der Waals surface area contributed by atoms with Gasteiger partial charge < -0.3 is 0 Å². The van der Waals surface area contributed by atoms with Crippen LogP contribution in [0.25, 0.3) is 31.9 Å². The van der Waals surface area contributed by atoms with Crippen LogP contribution in [-0.2, 0) is 0 Å². The van der Waals surface area contributed by atoms with Crippen molar-refractivity contribution < 1.29 is 0 Å². The summed E-state index contributed by atoms with van der Waals surface area (Å²) >= 11 is 5.02. The lowest BCUT2D eigenvalue weighted by molar-refractivity contribution is 0.871. The quantitative estimate of drug-likeness (QED) is 0.430. The van der Waals surface area contributed by atoms with Crippen LogP contribution >= 0.6 is 27.3 Å². The molecule has 0 aliphatic carbocycles. The van der Waals surface area contributed by atoms with Crippen molar-refractivity contribution in [1.29, 1.82) is 0 Å². The van der Waals surface area contributed by atoms with Crippen LogP contribution in [0, 0.1) is 0 Å². The van der Waals surface area contributed by atoms with Crippen LogP contribution in [0.1, 0.15) is 0 Å². The topological polar surface area (TPSA) is 52.2 Å². The number of fused-ring (bicyclic) bond motifs is 4. The second kappa shape index (κ2) is 4.99. The van der Waals surface area contributed by atoms with Gasteiger partial charge in [0.15, 0.2) is 10.6 Å². The van der Waals surface area contributed by atoms with Crippen molar-refractivity contribution in [3.63, 3.8) is 0 Å². The van der Waals surface area contributed by atoms with E-state index in [2.05, 4.69) is 26.0 Å². The monoisotopic (exact) mass is 396 g/mol. The Hall–Kier alpha value is -2.51. The van der Waals surface area contributed by atoms with Crippen LogP contribution in [0.5, 0.6) is 0 Å². The van der Waals surface area contributed by atoms with Crippen molar-refractivity contribution in [3.8, 4) is 5.69 Å². The number of hydrogen-bond acceptors (Lipinski definition) is 4. The normalized spacial score (nSPS) is 11.7. The zero-order valence-corrected chi connectivity index (χ0v) is 14.6. The first-order valence-corrected chi connectivity index (χ1v) is 8.89. The maximum Gasteiger partial charge on any atom is 0.271 e. The van der Waals surface area contributed by atoms with Crippen molar-refractivity contribution in [2.24, 2.45) is 0 Å². The summed E-state index contributed by atoms with van der Waals surface area (Å²) in [5, 5.41) is 5.00. The van der Waals surface area contributed by atoms with E-state index < -0.39 is 0 Å². The first-order valence-electron chi connectivity index (χ1n) is 7.28. The van der Waals surface area contributed by atoms with Gasteiger partial charge in [0.05, 0.1) is 15.9 Å². The number of thiazole rings is 1. The molecule has 0 saturated carbocycles. The summed E-state index contributed by atoms with van der Waals surface area (Å²) in [5.74, 6) is 0. The lowest BCUT2D eigenvalue weighted by Gasteiger charge is -2.01. The van der Waals surface area contributed by atoms with E-state index in [0.29, 0.717) is 20.6 Å². The number of hydrogen-bond donors (Lipinski definition) is 0. The molecule has 116 valence electrons. The van der Waals surface area contributed by atoms with Crippen LogP contribution in [0.2, 0.25) is 0 Å². The molecule has 5 rings (SSSR count). The predicted octanol–water partition coefficient (Wildman–Crippen LogP) is 4.01. The molecule has 0 aliphatic rings. The Morgan fingerprint density at radius 1 is 1.00 bits per heavy atom. The van der Waals surface area contributed by atoms with Crippen molar-refractivity contribution in [3.05, 3.63) is 69.6 Å². The zero-order chi connectivity index (χ0) is 16.3. The van der Waals surface area contributed by atoms with Crippen LogP contribution < -0.4 is 5.56 Å². The first-order chi connectivity index (χ1) is 11.7. The largest absolute Gasteiger partial charge is 0.271 e. The molecule has 0 saturated heterocycles.